The van der Waals surface area contributed by atoms with Gasteiger partial charge in [-0.1, -0.05) is 32.4 Å². The van der Waals surface area contributed by atoms with Gasteiger partial charge in [0.25, 0.3) is 5.69 Å². The third-order valence-corrected chi connectivity index (χ3v) is 2.81. The van der Waals surface area contributed by atoms with Crippen LogP contribution in [0.4, 0.5) is 10.5 Å². The van der Waals surface area contributed by atoms with Crippen molar-refractivity contribution in [2.24, 2.45) is 0 Å². The van der Waals surface area contributed by atoms with E-state index in [1.807, 2.05) is 20.8 Å². The van der Waals surface area contributed by atoms with Crippen molar-refractivity contribution in [3.8, 4) is 5.75 Å². The summed E-state index contributed by atoms with van der Waals surface area (Å²) in [6.45, 7) is 7.35. The molecule has 0 saturated heterocycles. The molecule has 20 heavy (non-hydrogen) atoms. The fourth-order valence-corrected chi connectivity index (χ4v) is 1.81. The highest BCUT2D eigenvalue weighted by Gasteiger charge is 2.26. The quantitative estimate of drug-likeness (QED) is 0.364. The summed E-state index contributed by atoms with van der Waals surface area (Å²) >= 11 is 5.83. The summed E-state index contributed by atoms with van der Waals surface area (Å²) < 4.78 is 9.75. The predicted octanol–water partition coefficient (Wildman–Crippen LogP) is 4.08. The zero-order valence-electron chi connectivity index (χ0n) is 11.7. The molecule has 0 atom stereocenters. The molecule has 0 unspecified atom stereocenters. The number of rotatable bonds is 3. The fourth-order valence-electron chi connectivity index (χ4n) is 1.59. The third-order valence-electron chi connectivity index (χ3n) is 2.51. The van der Waals surface area contributed by atoms with Gasteiger partial charge in [-0.25, -0.2) is 4.79 Å². The van der Waals surface area contributed by atoms with Crippen LogP contribution in [-0.2, 0) is 10.2 Å². The third kappa shape index (κ3) is 3.84. The standard InChI is InChI=1S/C13H16ClNO5/c1-5-19-12(16)20-11-7-9(14)10(15(17)18)6-8(11)13(2,3)4/h6-7H,5H2,1-4H3. The van der Waals surface area contributed by atoms with Crippen LogP contribution in [0.3, 0.4) is 0 Å². The van der Waals surface area contributed by atoms with Gasteiger partial charge in [0.15, 0.2) is 0 Å². The number of nitro benzene ring substituents is 1. The molecule has 0 saturated carbocycles. The van der Waals surface area contributed by atoms with Gasteiger partial charge >= 0.3 is 6.16 Å². The molecular weight excluding hydrogens is 286 g/mol. The highest BCUT2D eigenvalue weighted by atomic mass is 35.5. The Bertz CT molecular complexity index is 536. The lowest BCUT2D eigenvalue weighted by molar-refractivity contribution is -0.384. The van der Waals surface area contributed by atoms with E-state index in [2.05, 4.69) is 0 Å². The molecule has 1 aromatic rings. The number of carbonyl (C=O) groups is 1. The first-order chi connectivity index (χ1) is 9.16. The van der Waals surface area contributed by atoms with Crippen LogP contribution in [0.25, 0.3) is 0 Å². The van der Waals surface area contributed by atoms with E-state index in [0.29, 0.717) is 5.56 Å². The molecule has 0 aliphatic heterocycles. The molecule has 0 radical (unpaired) electrons. The number of hydrogen-bond acceptors (Lipinski definition) is 5. The van der Waals surface area contributed by atoms with E-state index in [4.69, 9.17) is 21.1 Å². The number of hydrogen-bond donors (Lipinski definition) is 0. The Morgan fingerprint density at radius 3 is 2.45 bits per heavy atom. The number of nitro groups is 1. The molecule has 0 bridgehead atoms. The van der Waals surface area contributed by atoms with Gasteiger partial charge in [0.1, 0.15) is 10.8 Å². The number of ether oxygens (including phenoxy) is 2. The topological polar surface area (TPSA) is 78.7 Å². The molecule has 0 N–H and O–H groups in total. The molecule has 0 heterocycles. The number of carbonyl (C=O) groups excluding carboxylic acids is 1. The number of nitrogens with zero attached hydrogens (tertiary/aromatic N) is 1. The van der Waals surface area contributed by atoms with Crippen molar-refractivity contribution < 1.29 is 19.2 Å². The van der Waals surface area contributed by atoms with E-state index in [1.54, 1.807) is 6.92 Å². The van der Waals surface area contributed by atoms with Crippen molar-refractivity contribution >= 4 is 23.4 Å². The van der Waals surface area contributed by atoms with Crippen molar-refractivity contribution in [3.05, 3.63) is 32.8 Å². The largest absolute Gasteiger partial charge is 0.513 e. The Balaban J connectivity index is 3.32. The Morgan fingerprint density at radius 1 is 1.40 bits per heavy atom. The summed E-state index contributed by atoms with van der Waals surface area (Å²) in [6, 6.07) is 2.58. The summed E-state index contributed by atoms with van der Waals surface area (Å²) in [5.74, 6) is 0.159. The number of halogens is 1. The van der Waals surface area contributed by atoms with Crippen molar-refractivity contribution in [1.29, 1.82) is 0 Å². The molecule has 0 aliphatic carbocycles. The maximum Gasteiger partial charge on any atom is 0.513 e. The highest BCUT2D eigenvalue weighted by molar-refractivity contribution is 6.32. The van der Waals surface area contributed by atoms with Crippen molar-refractivity contribution in [2.75, 3.05) is 6.61 Å². The van der Waals surface area contributed by atoms with Crippen molar-refractivity contribution in [2.45, 2.75) is 33.1 Å². The molecule has 6 nitrogen and oxygen atoms in total. The number of benzene rings is 1. The van der Waals surface area contributed by atoms with E-state index >= 15 is 0 Å². The Morgan fingerprint density at radius 2 is 2.00 bits per heavy atom. The molecular formula is C13H16ClNO5. The molecule has 0 spiro atoms. The van der Waals surface area contributed by atoms with E-state index in [9.17, 15) is 14.9 Å². The van der Waals surface area contributed by atoms with Gasteiger partial charge in [0.05, 0.1) is 11.5 Å². The Kier molecular flexibility index (Phi) is 4.94. The van der Waals surface area contributed by atoms with E-state index in [-0.39, 0.29) is 23.1 Å². The van der Waals surface area contributed by atoms with Gasteiger partial charge in [0.2, 0.25) is 0 Å². The summed E-state index contributed by atoms with van der Waals surface area (Å²) in [5.41, 5.74) is -0.188. The van der Waals surface area contributed by atoms with Gasteiger partial charge in [-0.2, -0.15) is 0 Å². The maximum absolute atomic E-state index is 11.4. The molecule has 0 fully saturated rings. The molecule has 0 aromatic heterocycles. The first kappa shape index (κ1) is 16.2. The minimum Gasteiger partial charge on any atom is -0.434 e. The predicted molar refractivity (Wildman–Crippen MR) is 74.5 cm³/mol. The van der Waals surface area contributed by atoms with E-state index in [0.717, 1.165) is 0 Å². The summed E-state index contributed by atoms with van der Waals surface area (Å²) in [6.07, 6.45) is -0.872. The second-order valence-corrected chi connectivity index (χ2v) is 5.50. The Labute approximate surface area is 121 Å². The molecule has 0 aliphatic rings. The van der Waals surface area contributed by atoms with Crippen LogP contribution in [-0.4, -0.2) is 17.7 Å². The second-order valence-electron chi connectivity index (χ2n) is 5.09. The molecule has 110 valence electrons. The fraction of sp³-hybridized carbons (Fsp3) is 0.462. The van der Waals surface area contributed by atoms with Gasteiger partial charge in [-0.3, -0.25) is 10.1 Å². The summed E-state index contributed by atoms with van der Waals surface area (Å²) in [7, 11) is 0. The molecule has 0 amide bonds. The highest BCUT2D eigenvalue weighted by Crippen LogP contribution is 2.38. The zero-order chi connectivity index (χ0) is 15.5. The van der Waals surface area contributed by atoms with Crippen LogP contribution >= 0.6 is 11.6 Å². The van der Waals surface area contributed by atoms with Crippen LogP contribution in [0.5, 0.6) is 5.75 Å². The summed E-state index contributed by atoms with van der Waals surface area (Å²) in [4.78, 5) is 21.7. The Hall–Kier alpha value is -1.82. The monoisotopic (exact) mass is 301 g/mol. The van der Waals surface area contributed by atoms with Crippen LogP contribution < -0.4 is 4.74 Å². The maximum atomic E-state index is 11.4. The van der Waals surface area contributed by atoms with Gasteiger partial charge in [-0.05, 0) is 12.3 Å². The SMILES string of the molecule is CCOC(=O)Oc1cc(Cl)c([N+](=O)[O-])cc1C(C)(C)C. The van der Waals surface area contributed by atoms with Crippen LogP contribution in [0.1, 0.15) is 33.3 Å². The van der Waals surface area contributed by atoms with Gasteiger partial charge in [0, 0.05) is 17.7 Å². The van der Waals surface area contributed by atoms with Crippen molar-refractivity contribution in [3.63, 3.8) is 0 Å². The smallest absolute Gasteiger partial charge is 0.434 e. The van der Waals surface area contributed by atoms with E-state index in [1.165, 1.54) is 12.1 Å². The average Bonchev–Trinajstić information content (AvgIpc) is 2.26. The van der Waals surface area contributed by atoms with Crippen LogP contribution in [0.2, 0.25) is 5.02 Å². The lowest BCUT2D eigenvalue weighted by Crippen LogP contribution is -2.17. The average molecular weight is 302 g/mol. The van der Waals surface area contributed by atoms with Crippen LogP contribution in [0, 0.1) is 10.1 Å². The minimum absolute atomic E-state index is 0.0951. The van der Waals surface area contributed by atoms with E-state index < -0.39 is 16.5 Å². The minimum atomic E-state index is -0.872. The first-order valence-electron chi connectivity index (χ1n) is 5.99. The van der Waals surface area contributed by atoms with Gasteiger partial charge in [-0.15, -0.1) is 0 Å². The van der Waals surface area contributed by atoms with Crippen LogP contribution in [0.15, 0.2) is 12.1 Å². The molecule has 7 heteroatoms. The second kappa shape index (κ2) is 6.09. The molecule has 1 rings (SSSR count). The molecule has 1 aromatic carbocycles. The van der Waals surface area contributed by atoms with Crippen molar-refractivity contribution in [1.82, 2.24) is 0 Å². The summed E-state index contributed by atoms with van der Waals surface area (Å²) in [5, 5.41) is 10.8. The van der Waals surface area contributed by atoms with Gasteiger partial charge < -0.3 is 9.47 Å². The lowest BCUT2D eigenvalue weighted by atomic mass is 9.86. The lowest BCUT2D eigenvalue weighted by Gasteiger charge is -2.22. The normalized spacial score (nSPS) is 11.1. The zero-order valence-corrected chi connectivity index (χ0v) is 12.5. The first-order valence-corrected chi connectivity index (χ1v) is 6.37.